The van der Waals surface area contributed by atoms with Gasteiger partial charge in [0, 0.05) is 16.7 Å². The van der Waals surface area contributed by atoms with Gasteiger partial charge in [-0.15, -0.1) is 0 Å². The number of halogens is 1. The molecule has 0 amide bonds. The van der Waals surface area contributed by atoms with Crippen LogP contribution in [0.1, 0.15) is 25.1 Å². The maximum Gasteiger partial charge on any atom is 0.155 e. The molecule has 0 spiro atoms. The Morgan fingerprint density at radius 3 is 2.74 bits per heavy atom. The van der Waals surface area contributed by atoms with Crippen molar-refractivity contribution in [1.29, 1.82) is 0 Å². The monoisotopic (exact) mass is 320 g/mol. The molecule has 2 aromatic rings. The lowest BCUT2D eigenvalue weighted by molar-refractivity contribution is 0.166. The summed E-state index contributed by atoms with van der Waals surface area (Å²) in [6.45, 7) is 2.05. The minimum atomic E-state index is -0.236. The Hall–Kier alpha value is -1.39. The topological polar surface area (TPSA) is 48.1 Å². The smallest absolute Gasteiger partial charge is 0.155 e. The molecule has 2 rings (SSSR count). The molecule has 0 aliphatic carbocycles. The number of hydrogen-bond donors (Lipinski definition) is 1. The standard InChI is InChI=1S/C15H17BrN2O/c1-2-13(17)15(14-8-3-4-9-18-14)19-12-7-5-6-11(16)10-12/h3-10,13,15H,2,17H2,1H3. The van der Waals surface area contributed by atoms with Crippen LogP contribution in [0.5, 0.6) is 5.75 Å². The molecule has 2 unspecified atom stereocenters. The van der Waals surface area contributed by atoms with Crippen molar-refractivity contribution < 1.29 is 4.74 Å². The molecule has 2 N–H and O–H groups in total. The van der Waals surface area contributed by atoms with Crippen molar-refractivity contribution in [3.8, 4) is 5.75 Å². The van der Waals surface area contributed by atoms with Crippen LogP contribution in [-0.2, 0) is 0 Å². The van der Waals surface area contributed by atoms with Crippen LogP contribution in [0.15, 0.2) is 53.1 Å². The molecular weight excluding hydrogens is 304 g/mol. The third-order valence-electron chi connectivity index (χ3n) is 2.90. The van der Waals surface area contributed by atoms with Gasteiger partial charge < -0.3 is 10.5 Å². The third-order valence-corrected chi connectivity index (χ3v) is 3.39. The SMILES string of the molecule is CCC(N)C(Oc1cccc(Br)c1)c1ccccn1. The quantitative estimate of drug-likeness (QED) is 0.913. The lowest BCUT2D eigenvalue weighted by Gasteiger charge is -2.23. The fourth-order valence-corrected chi connectivity index (χ4v) is 2.19. The van der Waals surface area contributed by atoms with Gasteiger partial charge in [-0.1, -0.05) is 35.0 Å². The Kier molecular flexibility index (Phi) is 4.93. The van der Waals surface area contributed by atoms with Crippen molar-refractivity contribution in [3.05, 3.63) is 58.8 Å². The van der Waals surface area contributed by atoms with Gasteiger partial charge in [0.05, 0.1) is 5.69 Å². The van der Waals surface area contributed by atoms with Crippen molar-refractivity contribution in [3.63, 3.8) is 0 Å². The largest absolute Gasteiger partial charge is 0.482 e. The molecule has 100 valence electrons. The average molecular weight is 321 g/mol. The predicted molar refractivity (Wildman–Crippen MR) is 80.0 cm³/mol. The fourth-order valence-electron chi connectivity index (χ4n) is 1.81. The number of rotatable bonds is 5. The molecule has 0 aliphatic rings. The van der Waals surface area contributed by atoms with Gasteiger partial charge in [-0.05, 0) is 36.8 Å². The van der Waals surface area contributed by atoms with Gasteiger partial charge in [0.2, 0.25) is 0 Å². The van der Waals surface area contributed by atoms with E-state index in [1.54, 1.807) is 6.20 Å². The summed E-state index contributed by atoms with van der Waals surface area (Å²) in [7, 11) is 0. The van der Waals surface area contributed by atoms with Gasteiger partial charge in [0.15, 0.2) is 6.10 Å². The zero-order chi connectivity index (χ0) is 13.7. The van der Waals surface area contributed by atoms with Gasteiger partial charge in [0.25, 0.3) is 0 Å². The summed E-state index contributed by atoms with van der Waals surface area (Å²) >= 11 is 3.44. The molecule has 1 heterocycles. The Morgan fingerprint density at radius 2 is 2.11 bits per heavy atom. The summed E-state index contributed by atoms with van der Waals surface area (Å²) in [4.78, 5) is 4.35. The molecule has 3 nitrogen and oxygen atoms in total. The van der Waals surface area contributed by atoms with E-state index in [1.165, 1.54) is 0 Å². The molecular formula is C15H17BrN2O. The second-order valence-corrected chi connectivity index (χ2v) is 5.24. The Labute approximate surface area is 121 Å². The summed E-state index contributed by atoms with van der Waals surface area (Å²) in [5, 5.41) is 0. The van der Waals surface area contributed by atoms with E-state index in [1.807, 2.05) is 49.4 Å². The molecule has 0 bridgehead atoms. The first-order valence-corrected chi connectivity index (χ1v) is 7.08. The van der Waals surface area contributed by atoms with Crippen LogP contribution in [0, 0.1) is 0 Å². The number of benzene rings is 1. The first kappa shape index (κ1) is 14.0. The minimum Gasteiger partial charge on any atom is -0.482 e. The van der Waals surface area contributed by atoms with Gasteiger partial charge >= 0.3 is 0 Å². The van der Waals surface area contributed by atoms with Crippen molar-refractivity contribution in [2.75, 3.05) is 0 Å². The Morgan fingerprint density at radius 1 is 1.26 bits per heavy atom. The van der Waals surface area contributed by atoms with Crippen LogP contribution in [0.4, 0.5) is 0 Å². The molecule has 0 saturated carbocycles. The molecule has 0 fully saturated rings. The molecule has 1 aromatic carbocycles. The third kappa shape index (κ3) is 3.78. The highest BCUT2D eigenvalue weighted by Crippen LogP contribution is 2.26. The molecule has 2 atom stereocenters. The van der Waals surface area contributed by atoms with Crippen LogP contribution in [0.2, 0.25) is 0 Å². The van der Waals surface area contributed by atoms with Gasteiger partial charge in [0.1, 0.15) is 5.75 Å². The van der Waals surface area contributed by atoms with E-state index in [4.69, 9.17) is 10.5 Å². The van der Waals surface area contributed by atoms with Crippen LogP contribution < -0.4 is 10.5 Å². The molecule has 1 aromatic heterocycles. The molecule has 4 heteroatoms. The lowest BCUT2D eigenvalue weighted by Crippen LogP contribution is -2.32. The summed E-state index contributed by atoms with van der Waals surface area (Å²) in [6.07, 6.45) is 2.35. The van der Waals surface area contributed by atoms with Crippen molar-refractivity contribution in [2.45, 2.75) is 25.5 Å². The van der Waals surface area contributed by atoms with E-state index in [0.29, 0.717) is 0 Å². The van der Waals surface area contributed by atoms with Gasteiger partial charge in [-0.3, -0.25) is 4.98 Å². The summed E-state index contributed by atoms with van der Waals surface area (Å²) in [6, 6.07) is 13.4. The zero-order valence-electron chi connectivity index (χ0n) is 10.8. The van der Waals surface area contributed by atoms with E-state index >= 15 is 0 Å². The number of hydrogen-bond acceptors (Lipinski definition) is 3. The highest BCUT2D eigenvalue weighted by Gasteiger charge is 2.21. The molecule has 0 saturated heterocycles. The zero-order valence-corrected chi connectivity index (χ0v) is 12.4. The normalized spacial score (nSPS) is 13.8. The fraction of sp³-hybridized carbons (Fsp3) is 0.267. The van der Waals surface area contributed by atoms with Crippen molar-refractivity contribution in [1.82, 2.24) is 4.98 Å². The maximum absolute atomic E-state index is 6.16. The summed E-state index contributed by atoms with van der Waals surface area (Å²) < 4.78 is 7.00. The highest BCUT2D eigenvalue weighted by atomic mass is 79.9. The first-order valence-electron chi connectivity index (χ1n) is 6.29. The summed E-state index contributed by atoms with van der Waals surface area (Å²) in [5.74, 6) is 0.786. The van der Waals surface area contributed by atoms with Gasteiger partial charge in [-0.25, -0.2) is 0 Å². The Bertz CT molecular complexity index is 519. The number of nitrogens with zero attached hydrogens (tertiary/aromatic N) is 1. The van der Waals surface area contributed by atoms with Crippen LogP contribution in [0.25, 0.3) is 0 Å². The van der Waals surface area contributed by atoms with E-state index in [9.17, 15) is 0 Å². The molecule has 0 radical (unpaired) electrons. The highest BCUT2D eigenvalue weighted by molar-refractivity contribution is 9.10. The predicted octanol–water partition coefficient (Wildman–Crippen LogP) is 3.70. The lowest BCUT2D eigenvalue weighted by atomic mass is 10.1. The average Bonchev–Trinajstić information content (AvgIpc) is 2.45. The number of nitrogens with two attached hydrogens (primary N) is 1. The number of ether oxygens (including phenoxy) is 1. The second-order valence-electron chi connectivity index (χ2n) is 4.32. The first-order chi connectivity index (χ1) is 9.20. The molecule has 19 heavy (non-hydrogen) atoms. The van der Waals surface area contributed by atoms with E-state index in [-0.39, 0.29) is 12.1 Å². The van der Waals surface area contributed by atoms with E-state index < -0.39 is 0 Å². The minimum absolute atomic E-state index is 0.0890. The van der Waals surface area contributed by atoms with Crippen molar-refractivity contribution in [2.24, 2.45) is 5.73 Å². The molecule has 0 aliphatic heterocycles. The maximum atomic E-state index is 6.16. The Balaban J connectivity index is 2.24. The van der Waals surface area contributed by atoms with E-state index in [0.717, 1.165) is 22.3 Å². The van der Waals surface area contributed by atoms with Crippen LogP contribution in [-0.4, -0.2) is 11.0 Å². The van der Waals surface area contributed by atoms with Crippen LogP contribution >= 0.6 is 15.9 Å². The van der Waals surface area contributed by atoms with Crippen molar-refractivity contribution >= 4 is 15.9 Å². The second kappa shape index (κ2) is 6.68. The number of aromatic nitrogens is 1. The number of pyridine rings is 1. The van der Waals surface area contributed by atoms with E-state index in [2.05, 4.69) is 20.9 Å². The van der Waals surface area contributed by atoms with Gasteiger partial charge in [-0.2, -0.15) is 0 Å². The van der Waals surface area contributed by atoms with Crippen LogP contribution in [0.3, 0.4) is 0 Å². The summed E-state index contributed by atoms with van der Waals surface area (Å²) in [5.41, 5.74) is 7.02.